The average Bonchev–Trinajstić information content (AvgIpc) is 3.21. The molecule has 1 fully saturated rings. The fourth-order valence-corrected chi connectivity index (χ4v) is 3.29. The molecule has 2 amide bonds. The Labute approximate surface area is 142 Å². The number of nitrogens with one attached hydrogen (secondary N) is 1. The van der Waals surface area contributed by atoms with E-state index >= 15 is 0 Å². The topological polar surface area (TPSA) is 62.6 Å². The van der Waals surface area contributed by atoms with Crippen LogP contribution in [-0.4, -0.2) is 29.3 Å². The van der Waals surface area contributed by atoms with Crippen molar-refractivity contribution in [3.8, 4) is 0 Å². The van der Waals surface area contributed by atoms with Gasteiger partial charge in [0.2, 0.25) is 11.8 Å². The smallest absolute Gasteiger partial charge is 0.243 e. The lowest BCUT2D eigenvalue weighted by Crippen LogP contribution is -2.46. The molecule has 0 bridgehead atoms. The van der Waals surface area contributed by atoms with Crippen molar-refractivity contribution in [2.24, 2.45) is 0 Å². The number of amides is 2. The van der Waals surface area contributed by atoms with Crippen molar-refractivity contribution in [1.29, 1.82) is 0 Å². The Morgan fingerprint density at radius 3 is 2.92 bits per heavy atom. The number of hydrogen-bond acceptors (Lipinski definition) is 3. The van der Waals surface area contributed by atoms with E-state index in [2.05, 4.69) is 5.32 Å². The second-order valence-electron chi connectivity index (χ2n) is 6.41. The first-order chi connectivity index (χ1) is 11.6. The molecule has 1 aromatic carbocycles. The van der Waals surface area contributed by atoms with Crippen molar-refractivity contribution in [3.63, 3.8) is 0 Å². The molecule has 0 aliphatic carbocycles. The minimum Gasteiger partial charge on any atom is -0.459 e. The zero-order valence-corrected chi connectivity index (χ0v) is 14.2. The third-order valence-corrected chi connectivity index (χ3v) is 4.57. The largest absolute Gasteiger partial charge is 0.459 e. The molecule has 0 unspecified atom stereocenters. The van der Waals surface area contributed by atoms with Crippen molar-refractivity contribution in [3.05, 3.63) is 36.1 Å². The monoisotopic (exact) mass is 328 g/mol. The summed E-state index contributed by atoms with van der Waals surface area (Å²) in [5.41, 5.74) is 0.814. The molecule has 2 atom stereocenters. The van der Waals surface area contributed by atoms with Gasteiger partial charge in [-0.3, -0.25) is 9.59 Å². The molecular weight excluding hydrogens is 304 g/mol. The van der Waals surface area contributed by atoms with E-state index in [9.17, 15) is 9.59 Å². The minimum atomic E-state index is -0.351. The molecule has 0 spiro atoms. The Hall–Kier alpha value is -2.30. The Kier molecular flexibility index (Phi) is 4.88. The first-order valence-corrected chi connectivity index (χ1v) is 8.68. The number of fused-ring (bicyclic) bond motifs is 1. The number of hydrogen-bond donors (Lipinski definition) is 1. The molecule has 3 rings (SSSR count). The molecule has 1 N–H and O–H groups in total. The van der Waals surface area contributed by atoms with Gasteiger partial charge in [0, 0.05) is 18.4 Å². The number of likely N-dealkylation sites (tertiary alicyclic amines) is 1. The van der Waals surface area contributed by atoms with E-state index in [4.69, 9.17) is 4.42 Å². The normalized spacial score (nSPS) is 18.8. The molecule has 1 saturated heterocycles. The quantitative estimate of drug-likeness (QED) is 0.915. The van der Waals surface area contributed by atoms with Crippen molar-refractivity contribution < 1.29 is 14.0 Å². The fourth-order valence-electron chi connectivity index (χ4n) is 3.29. The summed E-state index contributed by atoms with van der Waals surface area (Å²) in [7, 11) is 0. The molecule has 2 heterocycles. The fraction of sp³-hybridized carbons (Fsp3) is 0.474. The molecule has 5 heteroatoms. The van der Waals surface area contributed by atoms with Gasteiger partial charge in [-0.15, -0.1) is 0 Å². The van der Waals surface area contributed by atoms with Crippen LogP contribution in [0.1, 0.15) is 51.3 Å². The Morgan fingerprint density at radius 2 is 2.17 bits per heavy atom. The molecule has 0 radical (unpaired) electrons. The third-order valence-electron chi connectivity index (χ3n) is 4.57. The van der Waals surface area contributed by atoms with E-state index in [1.165, 1.54) is 0 Å². The Morgan fingerprint density at radius 1 is 1.38 bits per heavy atom. The van der Waals surface area contributed by atoms with Gasteiger partial charge in [-0.05, 0) is 38.3 Å². The van der Waals surface area contributed by atoms with Crippen LogP contribution in [0.4, 0.5) is 0 Å². The average molecular weight is 328 g/mol. The van der Waals surface area contributed by atoms with E-state index in [0.717, 1.165) is 36.0 Å². The number of rotatable bonds is 5. The lowest BCUT2D eigenvalue weighted by molar-refractivity contribution is -0.138. The van der Waals surface area contributed by atoms with Gasteiger partial charge in [-0.1, -0.05) is 25.1 Å². The number of carbonyl (C=O) groups excluding carboxylic acids is 2. The molecule has 2 aromatic rings. The number of furan rings is 1. The maximum absolute atomic E-state index is 12.6. The third kappa shape index (κ3) is 3.30. The van der Waals surface area contributed by atoms with Gasteiger partial charge in [-0.2, -0.15) is 0 Å². The van der Waals surface area contributed by atoms with Crippen LogP contribution in [0, 0.1) is 0 Å². The summed E-state index contributed by atoms with van der Waals surface area (Å²) in [5, 5.41) is 4.02. The van der Waals surface area contributed by atoms with Gasteiger partial charge in [0.15, 0.2) is 0 Å². The van der Waals surface area contributed by atoms with Crippen LogP contribution in [-0.2, 0) is 9.59 Å². The second kappa shape index (κ2) is 7.07. The van der Waals surface area contributed by atoms with E-state index in [0.29, 0.717) is 13.0 Å². The first kappa shape index (κ1) is 16.6. The molecule has 1 aliphatic rings. The summed E-state index contributed by atoms with van der Waals surface area (Å²) in [6.07, 6.45) is 2.92. The number of nitrogens with zero attached hydrogens (tertiary/aromatic N) is 1. The maximum Gasteiger partial charge on any atom is 0.243 e. The Bertz CT molecular complexity index is 704. The Balaban J connectivity index is 1.68. The predicted molar refractivity (Wildman–Crippen MR) is 92.4 cm³/mol. The van der Waals surface area contributed by atoms with E-state index in [1.54, 1.807) is 4.90 Å². The van der Waals surface area contributed by atoms with Crippen LogP contribution < -0.4 is 5.32 Å². The molecule has 1 aliphatic heterocycles. The SMILES string of the molecule is CCCC(=O)N1CCC[C@@H]1C(=O)N[C@@H](C)c1cc2ccccc2o1. The summed E-state index contributed by atoms with van der Waals surface area (Å²) in [4.78, 5) is 26.5. The van der Waals surface area contributed by atoms with Gasteiger partial charge >= 0.3 is 0 Å². The highest BCUT2D eigenvalue weighted by molar-refractivity contribution is 5.88. The maximum atomic E-state index is 12.6. The molecule has 0 saturated carbocycles. The lowest BCUT2D eigenvalue weighted by Gasteiger charge is -2.25. The van der Waals surface area contributed by atoms with Crippen LogP contribution in [0.25, 0.3) is 11.0 Å². The van der Waals surface area contributed by atoms with Gasteiger partial charge in [0.1, 0.15) is 17.4 Å². The van der Waals surface area contributed by atoms with Gasteiger partial charge in [-0.25, -0.2) is 0 Å². The van der Waals surface area contributed by atoms with Crippen molar-refractivity contribution in [1.82, 2.24) is 10.2 Å². The van der Waals surface area contributed by atoms with Crippen molar-refractivity contribution in [2.75, 3.05) is 6.54 Å². The van der Waals surface area contributed by atoms with Gasteiger partial charge < -0.3 is 14.6 Å². The summed E-state index contributed by atoms with van der Waals surface area (Å²) in [5.74, 6) is 0.713. The highest BCUT2D eigenvalue weighted by atomic mass is 16.3. The summed E-state index contributed by atoms with van der Waals surface area (Å²) < 4.78 is 5.81. The van der Waals surface area contributed by atoms with Crippen LogP contribution in [0.3, 0.4) is 0 Å². The molecule has 5 nitrogen and oxygen atoms in total. The van der Waals surface area contributed by atoms with Crippen LogP contribution >= 0.6 is 0 Å². The molecule has 24 heavy (non-hydrogen) atoms. The molecule has 1 aromatic heterocycles. The summed E-state index contributed by atoms with van der Waals surface area (Å²) in [6, 6.07) is 9.16. The zero-order chi connectivity index (χ0) is 17.1. The highest BCUT2D eigenvalue weighted by Gasteiger charge is 2.34. The standard InChI is InChI=1S/C19H24N2O3/c1-3-7-18(22)21-11-6-9-15(21)19(23)20-13(2)17-12-14-8-4-5-10-16(14)24-17/h4-5,8,10,12-13,15H,3,6-7,9,11H2,1-2H3,(H,20,23)/t13-,15+/m0/s1. The van der Waals surface area contributed by atoms with Crippen molar-refractivity contribution in [2.45, 2.75) is 51.6 Å². The zero-order valence-electron chi connectivity index (χ0n) is 14.2. The van der Waals surface area contributed by atoms with E-state index in [-0.39, 0.29) is 23.9 Å². The van der Waals surface area contributed by atoms with E-state index in [1.807, 2.05) is 44.2 Å². The molecule has 128 valence electrons. The van der Waals surface area contributed by atoms with Gasteiger partial charge in [0.05, 0.1) is 6.04 Å². The van der Waals surface area contributed by atoms with E-state index < -0.39 is 0 Å². The number of para-hydroxylation sites is 1. The predicted octanol–water partition coefficient (Wildman–Crippen LogP) is 3.40. The highest BCUT2D eigenvalue weighted by Crippen LogP contribution is 2.25. The number of carbonyl (C=O) groups is 2. The van der Waals surface area contributed by atoms with Crippen LogP contribution in [0.15, 0.2) is 34.7 Å². The molecular formula is C19H24N2O3. The first-order valence-electron chi connectivity index (χ1n) is 8.68. The second-order valence-corrected chi connectivity index (χ2v) is 6.41. The van der Waals surface area contributed by atoms with Crippen LogP contribution in [0.5, 0.6) is 0 Å². The summed E-state index contributed by atoms with van der Waals surface area (Å²) in [6.45, 7) is 4.56. The van der Waals surface area contributed by atoms with Gasteiger partial charge in [0.25, 0.3) is 0 Å². The van der Waals surface area contributed by atoms with Crippen molar-refractivity contribution >= 4 is 22.8 Å². The minimum absolute atomic E-state index is 0.0755. The summed E-state index contributed by atoms with van der Waals surface area (Å²) >= 11 is 0. The lowest BCUT2D eigenvalue weighted by atomic mass is 10.1. The van der Waals surface area contributed by atoms with Crippen LogP contribution in [0.2, 0.25) is 0 Å². The number of benzene rings is 1.